The van der Waals surface area contributed by atoms with E-state index in [9.17, 15) is 24.0 Å². The second-order valence-electron chi connectivity index (χ2n) is 3.42. The van der Waals surface area contributed by atoms with E-state index in [1.807, 2.05) is 0 Å². The SMILES string of the molecule is CN(C)C(O)(C([P+](=O)[O-])[P+](=O)[O-])N(C)C. The van der Waals surface area contributed by atoms with Crippen LogP contribution < -0.4 is 9.79 Å². The maximum absolute atomic E-state index is 10.8. The van der Waals surface area contributed by atoms with Gasteiger partial charge in [-0.25, -0.2) is 0 Å². The molecule has 0 spiro atoms. The lowest BCUT2D eigenvalue weighted by atomic mass is 10.4. The third kappa shape index (κ3) is 2.98. The predicted octanol–water partition coefficient (Wildman–Crippen LogP) is -1.71. The summed E-state index contributed by atoms with van der Waals surface area (Å²) in [5, 5.41) is 8.18. The van der Waals surface area contributed by atoms with Gasteiger partial charge in [-0.3, -0.25) is 9.80 Å². The highest BCUT2D eigenvalue weighted by atomic mass is 31.2. The van der Waals surface area contributed by atoms with Crippen LogP contribution in [0, 0.1) is 0 Å². The fourth-order valence-corrected chi connectivity index (χ4v) is 3.33. The normalized spacial score (nSPS) is 16.9. The summed E-state index contributed by atoms with van der Waals surface area (Å²) in [6.45, 7) is 0. The number of hydrogen-bond donors (Lipinski definition) is 1. The maximum Gasteiger partial charge on any atom is 0.388 e. The van der Waals surface area contributed by atoms with Gasteiger partial charge in [0.25, 0.3) is 5.85 Å². The summed E-state index contributed by atoms with van der Waals surface area (Å²) in [7, 11) is -0.997. The highest BCUT2D eigenvalue weighted by molar-refractivity contribution is 7.56. The Morgan fingerprint density at radius 2 is 1.33 bits per heavy atom. The molecular weight excluding hydrogens is 242 g/mol. The average Bonchev–Trinajstić information content (AvgIpc) is 2.01. The molecule has 0 bridgehead atoms. The van der Waals surface area contributed by atoms with Gasteiger partial charge in [0.05, 0.1) is 0 Å². The zero-order valence-corrected chi connectivity index (χ0v) is 10.7. The molecule has 88 valence electrons. The largest absolute Gasteiger partial charge is 0.592 e. The van der Waals surface area contributed by atoms with Crippen molar-refractivity contribution in [2.45, 2.75) is 11.2 Å². The Kier molecular flexibility index (Phi) is 5.37. The van der Waals surface area contributed by atoms with E-state index in [4.69, 9.17) is 0 Å². The molecule has 0 aliphatic carbocycles. The monoisotopic (exact) mass is 256 g/mol. The number of aliphatic hydroxyl groups is 1. The molecule has 0 aliphatic heterocycles. The van der Waals surface area contributed by atoms with E-state index < -0.39 is 27.3 Å². The van der Waals surface area contributed by atoms with Crippen molar-refractivity contribution in [3.8, 4) is 0 Å². The molecule has 0 fully saturated rings. The van der Waals surface area contributed by atoms with Crippen molar-refractivity contribution in [3.05, 3.63) is 0 Å². The van der Waals surface area contributed by atoms with Crippen LogP contribution in [0.25, 0.3) is 0 Å². The summed E-state index contributed by atoms with van der Waals surface area (Å²) in [5.41, 5.74) is 0. The molecule has 0 aromatic carbocycles. The third-order valence-corrected chi connectivity index (χ3v) is 4.69. The van der Waals surface area contributed by atoms with Crippen molar-refractivity contribution in [2.24, 2.45) is 0 Å². The van der Waals surface area contributed by atoms with Gasteiger partial charge in [0, 0.05) is 0 Å². The molecule has 0 saturated heterocycles. The van der Waals surface area contributed by atoms with Crippen molar-refractivity contribution >= 4 is 16.1 Å². The first-order valence-electron chi connectivity index (χ1n) is 4.00. The summed E-state index contributed by atoms with van der Waals surface area (Å²) in [5.74, 6) is -2.07. The zero-order chi connectivity index (χ0) is 12.4. The lowest BCUT2D eigenvalue weighted by molar-refractivity contribution is -0.212. The molecule has 2 atom stereocenters. The van der Waals surface area contributed by atoms with Crippen molar-refractivity contribution in [2.75, 3.05) is 28.2 Å². The Balaban J connectivity index is 5.39. The van der Waals surface area contributed by atoms with E-state index in [0.29, 0.717) is 0 Å². The molecule has 7 nitrogen and oxygen atoms in total. The van der Waals surface area contributed by atoms with Gasteiger partial charge in [-0.1, -0.05) is 9.13 Å². The lowest BCUT2D eigenvalue weighted by Crippen LogP contribution is -2.61. The first-order valence-corrected chi connectivity index (χ1v) is 6.49. The summed E-state index contributed by atoms with van der Waals surface area (Å²) < 4.78 is 21.7. The van der Waals surface area contributed by atoms with Gasteiger partial charge in [-0.2, -0.15) is 0 Å². The fourth-order valence-electron chi connectivity index (χ4n) is 1.22. The third-order valence-electron chi connectivity index (χ3n) is 2.06. The number of rotatable bonds is 5. The molecule has 0 aromatic rings. The van der Waals surface area contributed by atoms with Gasteiger partial charge in [0.15, 0.2) is 0 Å². The number of nitrogens with zero attached hydrogens (tertiary/aromatic N) is 2. The van der Waals surface area contributed by atoms with Crippen LogP contribution in [0.3, 0.4) is 0 Å². The minimum absolute atomic E-state index is 1.13. The summed E-state index contributed by atoms with van der Waals surface area (Å²) in [4.78, 5) is 23.9. The van der Waals surface area contributed by atoms with Gasteiger partial charge in [0.1, 0.15) is 0 Å². The molecule has 0 heterocycles. The first kappa shape index (κ1) is 15.0. The molecule has 1 N–H and O–H groups in total. The minimum Gasteiger partial charge on any atom is -0.592 e. The van der Waals surface area contributed by atoms with E-state index in [0.717, 1.165) is 9.80 Å². The van der Waals surface area contributed by atoms with Crippen LogP contribution in [0.2, 0.25) is 0 Å². The maximum atomic E-state index is 10.8. The van der Waals surface area contributed by atoms with Crippen LogP contribution in [-0.4, -0.2) is 54.3 Å². The fraction of sp³-hybridized carbons (Fsp3) is 1.00. The van der Waals surface area contributed by atoms with Gasteiger partial charge in [0.2, 0.25) is 0 Å². The van der Waals surface area contributed by atoms with Crippen molar-refractivity contribution in [1.29, 1.82) is 0 Å². The molecule has 0 saturated carbocycles. The second kappa shape index (κ2) is 5.37. The highest BCUT2D eigenvalue weighted by Crippen LogP contribution is 2.43. The van der Waals surface area contributed by atoms with E-state index in [-0.39, 0.29) is 0 Å². The molecule has 9 heteroatoms. The average molecular weight is 256 g/mol. The minimum atomic E-state index is -3.29. The molecule has 0 radical (unpaired) electrons. The Morgan fingerprint density at radius 1 is 1.07 bits per heavy atom. The van der Waals surface area contributed by atoms with Gasteiger partial charge in [-0.05, 0) is 28.2 Å². The Hall–Kier alpha value is -0.0000000000000000416. The van der Waals surface area contributed by atoms with Crippen LogP contribution in [0.1, 0.15) is 0 Å². The smallest absolute Gasteiger partial charge is 0.388 e. The zero-order valence-electron chi connectivity index (χ0n) is 8.95. The molecule has 0 amide bonds. The van der Waals surface area contributed by atoms with Crippen LogP contribution >= 0.6 is 16.1 Å². The van der Waals surface area contributed by atoms with E-state index in [1.165, 1.54) is 28.2 Å². The van der Waals surface area contributed by atoms with Crippen LogP contribution in [0.15, 0.2) is 0 Å². The van der Waals surface area contributed by atoms with Crippen molar-refractivity contribution in [3.63, 3.8) is 0 Å². The van der Waals surface area contributed by atoms with Gasteiger partial charge < -0.3 is 14.9 Å². The quantitative estimate of drug-likeness (QED) is 0.460. The molecule has 15 heavy (non-hydrogen) atoms. The van der Waals surface area contributed by atoms with Crippen molar-refractivity contribution in [1.82, 2.24) is 9.80 Å². The van der Waals surface area contributed by atoms with Crippen LogP contribution in [0.5, 0.6) is 0 Å². The Bertz CT molecular complexity index is 248. The molecule has 0 aromatic heterocycles. The standard InChI is InChI=1S/C6H14N2O5P2/c1-7(2)6(9,8(3)4)5(14(10)11)15(12)13/h5,9H,1-4H3. The molecule has 2 unspecified atom stereocenters. The highest BCUT2D eigenvalue weighted by Gasteiger charge is 2.58. The van der Waals surface area contributed by atoms with E-state index >= 15 is 0 Å². The topological polar surface area (TPSA) is 107 Å². The lowest BCUT2D eigenvalue weighted by Gasteiger charge is -2.37. The van der Waals surface area contributed by atoms with Crippen LogP contribution in [0.4, 0.5) is 0 Å². The van der Waals surface area contributed by atoms with Crippen molar-refractivity contribution < 1.29 is 24.0 Å². The van der Waals surface area contributed by atoms with E-state index in [1.54, 1.807) is 0 Å². The molecule has 0 aliphatic rings. The van der Waals surface area contributed by atoms with Crippen LogP contribution in [-0.2, 0) is 9.13 Å². The second-order valence-corrected chi connectivity index (χ2v) is 6.00. The first-order chi connectivity index (χ1) is 6.65. The summed E-state index contributed by atoms with van der Waals surface area (Å²) in [6, 6.07) is 0. The molecule has 0 rings (SSSR count). The number of hydrogen-bond acceptors (Lipinski definition) is 7. The van der Waals surface area contributed by atoms with Gasteiger partial charge in [-0.15, -0.1) is 0 Å². The Morgan fingerprint density at radius 3 is 1.40 bits per heavy atom. The summed E-state index contributed by atoms with van der Waals surface area (Å²) >= 11 is 0. The predicted molar refractivity (Wildman–Crippen MR) is 51.3 cm³/mol. The van der Waals surface area contributed by atoms with E-state index in [2.05, 4.69) is 0 Å². The molecular formula is C6H14N2O5P2. The summed E-state index contributed by atoms with van der Waals surface area (Å²) in [6.07, 6.45) is 0. The Labute approximate surface area is 90.0 Å². The van der Waals surface area contributed by atoms with Gasteiger partial charge >= 0.3 is 21.5 Å².